The van der Waals surface area contributed by atoms with Gasteiger partial charge in [-0.15, -0.1) is 0 Å². The Labute approximate surface area is 89.4 Å². The standard InChI is InChI=1S/C11H17N3O/c1-2-9(3-1)11-13-10(15-14-11)7-12-6-8-4-5-8/h8-9,12H,1-7H2. The minimum Gasteiger partial charge on any atom is -0.338 e. The summed E-state index contributed by atoms with van der Waals surface area (Å²) >= 11 is 0. The third kappa shape index (κ3) is 2.20. The van der Waals surface area contributed by atoms with Gasteiger partial charge in [-0.1, -0.05) is 11.6 Å². The maximum atomic E-state index is 5.20. The van der Waals surface area contributed by atoms with Gasteiger partial charge in [-0.3, -0.25) is 0 Å². The molecule has 2 aliphatic carbocycles. The summed E-state index contributed by atoms with van der Waals surface area (Å²) in [6.45, 7) is 1.83. The molecule has 2 aliphatic rings. The van der Waals surface area contributed by atoms with E-state index in [1.165, 1.54) is 32.1 Å². The topological polar surface area (TPSA) is 51.0 Å². The number of aromatic nitrogens is 2. The fourth-order valence-electron chi connectivity index (χ4n) is 1.88. The average molecular weight is 207 g/mol. The lowest BCUT2D eigenvalue weighted by atomic mass is 9.85. The second-order valence-corrected chi connectivity index (χ2v) is 4.75. The molecule has 0 amide bonds. The van der Waals surface area contributed by atoms with Crippen LogP contribution in [-0.2, 0) is 6.54 Å². The van der Waals surface area contributed by atoms with E-state index in [1.807, 2.05) is 0 Å². The van der Waals surface area contributed by atoms with E-state index in [4.69, 9.17) is 4.52 Å². The van der Waals surface area contributed by atoms with Crippen LogP contribution >= 0.6 is 0 Å². The first-order chi connectivity index (χ1) is 7.42. The lowest BCUT2D eigenvalue weighted by molar-refractivity contribution is 0.341. The molecule has 4 heteroatoms. The molecule has 1 aromatic rings. The fraction of sp³-hybridized carbons (Fsp3) is 0.818. The summed E-state index contributed by atoms with van der Waals surface area (Å²) in [6, 6.07) is 0. The normalized spacial score (nSPS) is 21.6. The zero-order valence-electron chi connectivity index (χ0n) is 8.91. The van der Waals surface area contributed by atoms with E-state index in [0.717, 1.165) is 30.7 Å². The quantitative estimate of drug-likeness (QED) is 0.800. The Bertz CT molecular complexity index is 328. The second kappa shape index (κ2) is 3.93. The largest absolute Gasteiger partial charge is 0.338 e. The predicted octanol–water partition coefficient (Wildman–Crippen LogP) is 1.84. The minimum absolute atomic E-state index is 0.575. The van der Waals surface area contributed by atoms with E-state index >= 15 is 0 Å². The fourth-order valence-corrected chi connectivity index (χ4v) is 1.88. The monoisotopic (exact) mass is 207 g/mol. The molecule has 3 rings (SSSR count). The highest BCUT2D eigenvalue weighted by Gasteiger charge is 2.25. The first-order valence-electron chi connectivity index (χ1n) is 5.95. The van der Waals surface area contributed by atoms with E-state index < -0.39 is 0 Å². The molecule has 2 fully saturated rings. The highest BCUT2D eigenvalue weighted by Crippen LogP contribution is 2.34. The van der Waals surface area contributed by atoms with Crippen LogP contribution < -0.4 is 5.32 Å². The van der Waals surface area contributed by atoms with E-state index in [0.29, 0.717) is 5.92 Å². The summed E-state index contributed by atoms with van der Waals surface area (Å²) in [5, 5.41) is 7.38. The number of nitrogens with zero attached hydrogens (tertiary/aromatic N) is 2. The number of rotatable bonds is 5. The van der Waals surface area contributed by atoms with Gasteiger partial charge >= 0.3 is 0 Å². The van der Waals surface area contributed by atoms with Gasteiger partial charge in [0, 0.05) is 5.92 Å². The van der Waals surface area contributed by atoms with Crippen LogP contribution in [0.25, 0.3) is 0 Å². The van der Waals surface area contributed by atoms with Gasteiger partial charge in [0.1, 0.15) is 0 Å². The van der Waals surface area contributed by atoms with Crippen molar-refractivity contribution < 1.29 is 4.52 Å². The molecule has 0 spiro atoms. The summed E-state index contributed by atoms with van der Waals surface area (Å²) in [6.07, 6.45) is 6.53. The summed E-state index contributed by atoms with van der Waals surface area (Å²) < 4.78 is 5.20. The molecule has 82 valence electrons. The van der Waals surface area contributed by atoms with Crippen LogP contribution in [0.3, 0.4) is 0 Å². The van der Waals surface area contributed by atoms with Crippen LogP contribution in [0, 0.1) is 5.92 Å². The molecule has 0 aromatic carbocycles. The van der Waals surface area contributed by atoms with Crippen molar-refractivity contribution in [3.63, 3.8) is 0 Å². The Kier molecular flexibility index (Phi) is 2.44. The molecule has 0 saturated heterocycles. The van der Waals surface area contributed by atoms with Crippen LogP contribution in [0.1, 0.15) is 49.7 Å². The molecule has 0 radical (unpaired) electrons. The Hall–Kier alpha value is -0.900. The van der Waals surface area contributed by atoms with Gasteiger partial charge in [0.25, 0.3) is 0 Å². The molecule has 0 bridgehead atoms. The van der Waals surface area contributed by atoms with Crippen molar-refractivity contribution >= 4 is 0 Å². The molecule has 1 aromatic heterocycles. The smallest absolute Gasteiger partial charge is 0.240 e. The lowest BCUT2D eigenvalue weighted by Crippen LogP contribution is -2.16. The maximum absolute atomic E-state index is 5.20. The average Bonchev–Trinajstić information content (AvgIpc) is 2.85. The summed E-state index contributed by atoms with van der Waals surface area (Å²) in [5.41, 5.74) is 0. The van der Waals surface area contributed by atoms with Crippen molar-refractivity contribution in [3.8, 4) is 0 Å². The van der Waals surface area contributed by atoms with E-state index in [9.17, 15) is 0 Å². The number of nitrogens with one attached hydrogen (secondary N) is 1. The zero-order valence-corrected chi connectivity index (χ0v) is 8.91. The van der Waals surface area contributed by atoms with Gasteiger partial charge in [-0.25, -0.2) is 0 Å². The Morgan fingerprint density at radius 2 is 2.13 bits per heavy atom. The van der Waals surface area contributed by atoms with Crippen molar-refractivity contribution in [2.24, 2.45) is 5.92 Å². The van der Waals surface area contributed by atoms with Crippen molar-refractivity contribution in [1.82, 2.24) is 15.5 Å². The van der Waals surface area contributed by atoms with Gasteiger partial charge in [0.15, 0.2) is 5.82 Å². The van der Waals surface area contributed by atoms with E-state index in [-0.39, 0.29) is 0 Å². The highest BCUT2D eigenvalue weighted by atomic mass is 16.5. The molecular formula is C11H17N3O. The van der Waals surface area contributed by atoms with Crippen molar-refractivity contribution in [1.29, 1.82) is 0 Å². The third-order valence-electron chi connectivity index (χ3n) is 3.36. The van der Waals surface area contributed by atoms with E-state index in [1.54, 1.807) is 0 Å². The van der Waals surface area contributed by atoms with Crippen molar-refractivity contribution in [2.75, 3.05) is 6.54 Å². The van der Waals surface area contributed by atoms with Crippen LogP contribution in [0.4, 0.5) is 0 Å². The summed E-state index contributed by atoms with van der Waals surface area (Å²) in [7, 11) is 0. The maximum Gasteiger partial charge on any atom is 0.240 e. The molecular weight excluding hydrogens is 190 g/mol. The molecule has 0 unspecified atom stereocenters. The van der Waals surface area contributed by atoms with Gasteiger partial charge in [-0.2, -0.15) is 4.98 Å². The molecule has 1 heterocycles. The van der Waals surface area contributed by atoms with Gasteiger partial charge in [-0.05, 0) is 38.1 Å². The van der Waals surface area contributed by atoms with Gasteiger partial charge in [0.05, 0.1) is 6.54 Å². The molecule has 2 saturated carbocycles. The molecule has 0 atom stereocenters. The number of hydrogen-bond acceptors (Lipinski definition) is 4. The number of hydrogen-bond donors (Lipinski definition) is 1. The molecule has 4 nitrogen and oxygen atoms in total. The molecule has 1 N–H and O–H groups in total. The summed E-state index contributed by atoms with van der Waals surface area (Å²) in [5.74, 6) is 3.15. The molecule has 0 aliphatic heterocycles. The van der Waals surface area contributed by atoms with Gasteiger partial charge in [0.2, 0.25) is 5.89 Å². The van der Waals surface area contributed by atoms with Gasteiger partial charge < -0.3 is 9.84 Å². The van der Waals surface area contributed by atoms with Crippen LogP contribution in [0.5, 0.6) is 0 Å². The Morgan fingerprint density at radius 3 is 2.80 bits per heavy atom. The lowest BCUT2D eigenvalue weighted by Gasteiger charge is -2.20. The van der Waals surface area contributed by atoms with Crippen molar-refractivity contribution in [2.45, 2.75) is 44.6 Å². The Balaban J connectivity index is 1.48. The van der Waals surface area contributed by atoms with E-state index in [2.05, 4.69) is 15.5 Å². The molecule has 15 heavy (non-hydrogen) atoms. The second-order valence-electron chi connectivity index (χ2n) is 4.75. The Morgan fingerprint density at radius 1 is 1.27 bits per heavy atom. The minimum atomic E-state index is 0.575. The summed E-state index contributed by atoms with van der Waals surface area (Å²) in [4.78, 5) is 4.41. The van der Waals surface area contributed by atoms with Crippen LogP contribution in [0.2, 0.25) is 0 Å². The highest BCUT2D eigenvalue weighted by molar-refractivity contribution is 4.99. The third-order valence-corrected chi connectivity index (χ3v) is 3.36. The van der Waals surface area contributed by atoms with Crippen LogP contribution in [-0.4, -0.2) is 16.7 Å². The first kappa shape index (κ1) is 9.33. The van der Waals surface area contributed by atoms with Crippen molar-refractivity contribution in [3.05, 3.63) is 11.7 Å². The first-order valence-corrected chi connectivity index (χ1v) is 5.95. The predicted molar refractivity (Wildman–Crippen MR) is 55.3 cm³/mol. The SMILES string of the molecule is C1CC(c2noc(CNCC3CC3)n2)C1. The zero-order chi connectivity index (χ0) is 10.1. The van der Waals surface area contributed by atoms with Crippen LogP contribution in [0.15, 0.2) is 4.52 Å².